The van der Waals surface area contributed by atoms with Crippen LogP contribution in [-0.2, 0) is 0 Å². The predicted octanol–water partition coefficient (Wildman–Crippen LogP) is 6.26. The van der Waals surface area contributed by atoms with Gasteiger partial charge in [-0.3, -0.25) is 0 Å². The standard InChI is InChI=1S/C25H30ClN7/c26-23-29-24(32(19-11-3-1-4-12-19)20-13-5-2-6-14-20)31-25(30-23)33(21-15-7-9-17-27-21)22-16-8-10-18-28-22/h7-10,15-20H,1-6,11-14H2. The van der Waals surface area contributed by atoms with E-state index in [2.05, 4.69) is 24.8 Å². The molecular weight excluding hydrogens is 434 g/mol. The summed E-state index contributed by atoms with van der Waals surface area (Å²) >= 11 is 6.53. The van der Waals surface area contributed by atoms with Crippen LogP contribution < -0.4 is 9.80 Å². The van der Waals surface area contributed by atoms with Gasteiger partial charge < -0.3 is 4.90 Å². The van der Waals surface area contributed by atoms with Crippen LogP contribution in [0.25, 0.3) is 0 Å². The van der Waals surface area contributed by atoms with E-state index < -0.39 is 0 Å². The lowest BCUT2D eigenvalue weighted by Crippen LogP contribution is -2.46. The van der Waals surface area contributed by atoms with Gasteiger partial charge in [0.2, 0.25) is 17.2 Å². The van der Waals surface area contributed by atoms with Crippen molar-refractivity contribution in [3.8, 4) is 0 Å². The molecule has 0 saturated heterocycles. The molecule has 172 valence electrons. The monoisotopic (exact) mass is 463 g/mol. The van der Waals surface area contributed by atoms with Crippen LogP contribution in [0, 0.1) is 0 Å². The molecule has 8 heteroatoms. The fourth-order valence-corrected chi connectivity index (χ4v) is 5.33. The highest BCUT2D eigenvalue weighted by atomic mass is 35.5. The quantitative estimate of drug-likeness (QED) is 0.427. The fraction of sp³-hybridized carbons (Fsp3) is 0.480. The van der Waals surface area contributed by atoms with Gasteiger partial charge in [-0.15, -0.1) is 0 Å². The van der Waals surface area contributed by atoms with Gasteiger partial charge >= 0.3 is 0 Å². The lowest BCUT2D eigenvalue weighted by Gasteiger charge is -2.41. The summed E-state index contributed by atoms with van der Waals surface area (Å²) in [4.78, 5) is 27.6. The Bertz CT molecular complexity index is 964. The number of aromatic nitrogens is 5. The molecule has 0 bridgehead atoms. The number of hydrogen-bond acceptors (Lipinski definition) is 7. The predicted molar refractivity (Wildman–Crippen MR) is 131 cm³/mol. The van der Waals surface area contributed by atoms with Crippen molar-refractivity contribution in [3.63, 3.8) is 0 Å². The average molecular weight is 464 g/mol. The Morgan fingerprint density at radius 1 is 0.636 bits per heavy atom. The largest absolute Gasteiger partial charge is 0.335 e. The average Bonchev–Trinajstić information content (AvgIpc) is 2.87. The summed E-state index contributed by atoms with van der Waals surface area (Å²) in [5.74, 6) is 2.50. The molecule has 0 N–H and O–H groups in total. The molecular formula is C25H30ClN7. The molecule has 33 heavy (non-hydrogen) atoms. The lowest BCUT2D eigenvalue weighted by atomic mass is 9.89. The van der Waals surface area contributed by atoms with Gasteiger partial charge in [0.05, 0.1) is 0 Å². The summed E-state index contributed by atoms with van der Waals surface area (Å²) < 4.78 is 0. The Hall–Kier alpha value is -2.80. The second-order valence-electron chi connectivity index (χ2n) is 8.91. The van der Waals surface area contributed by atoms with E-state index in [1.165, 1.54) is 64.2 Å². The first kappa shape index (κ1) is 22.0. The van der Waals surface area contributed by atoms with Crippen molar-refractivity contribution < 1.29 is 0 Å². The highest BCUT2D eigenvalue weighted by Crippen LogP contribution is 2.35. The normalized spacial score (nSPS) is 17.6. The van der Waals surface area contributed by atoms with Crippen LogP contribution in [0.4, 0.5) is 23.5 Å². The molecule has 0 aromatic carbocycles. The van der Waals surface area contributed by atoms with Gasteiger partial charge in [-0.1, -0.05) is 50.7 Å². The zero-order valence-corrected chi connectivity index (χ0v) is 19.6. The molecule has 7 nitrogen and oxygen atoms in total. The minimum atomic E-state index is 0.198. The van der Waals surface area contributed by atoms with Gasteiger partial charge in [0.15, 0.2) is 0 Å². The molecule has 2 aliphatic rings. The van der Waals surface area contributed by atoms with Crippen molar-refractivity contribution in [3.05, 3.63) is 54.1 Å². The van der Waals surface area contributed by atoms with Gasteiger partial charge in [-0.2, -0.15) is 15.0 Å². The van der Waals surface area contributed by atoms with E-state index in [9.17, 15) is 0 Å². The molecule has 2 fully saturated rings. The van der Waals surface area contributed by atoms with Gasteiger partial charge in [-0.05, 0) is 61.5 Å². The smallest absolute Gasteiger partial charge is 0.243 e. The van der Waals surface area contributed by atoms with Crippen molar-refractivity contribution in [1.82, 2.24) is 24.9 Å². The highest BCUT2D eigenvalue weighted by molar-refractivity contribution is 6.28. The third-order valence-electron chi connectivity index (χ3n) is 6.71. The topological polar surface area (TPSA) is 70.9 Å². The van der Waals surface area contributed by atoms with E-state index in [1.807, 2.05) is 41.3 Å². The second-order valence-corrected chi connectivity index (χ2v) is 9.24. The van der Waals surface area contributed by atoms with E-state index in [0.717, 1.165) is 0 Å². The Labute approximate surface area is 200 Å². The van der Waals surface area contributed by atoms with Gasteiger partial charge in [-0.25, -0.2) is 14.9 Å². The van der Waals surface area contributed by atoms with Crippen LogP contribution in [0.15, 0.2) is 48.8 Å². The number of nitrogens with zero attached hydrogens (tertiary/aromatic N) is 7. The Balaban J connectivity index is 1.58. The van der Waals surface area contributed by atoms with Crippen LogP contribution in [0.2, 0.25) is 5.28 Å². The molecule has 0 unspecified atom stereocenters. The molecule has 2 aliphatic carbocycles. The van der Waals surface area contributed by atoms with Crippen molar-refractivity contribution in [1.29, 1.82) is 0 Å². The van der Waals surface area contributed by atoms with Crippen LogP contribution in [-0.4, -0.2) is 37.0 Å². The summed E-state index contributed by atoms with van der Waals surface area (Å²) in [5, 5.41) is 0.198. The second kappa shape index (κ2) is 10.4. The molecule has 3 aromatic heterocycles. The van der Waals surface area contributed by atoms with Crippen molar-refractivity contribution in [2.75, 3.05) is 9.80 Å². The molecule has 5 rings (SSSR count). The SMILES string of the molecule is Clc1nc(N(c2ccccn2)c2ccccn2)nc(N(C2CCCCC2)C2CCCCC2)n1. The maximum absolute atomic E-state index is 6.53. The fourth-order valence-electron chi connectivity index (χ4n) is 5.18. The van der Waals surface area contributed by atoms with Crippen LogP contribution in [0.5, 0.6) is 0 Å². The number of rotatable bonds is 6. The maximum Gasteiger partial charge on any atom is 0.243 e. The summed E-state index contributed by atoms with van der Waals surface area (Å²) in [5.41, 5.74) is 0. The van der Waals surface area contributed by atoms with Crippen LogP contribution in [0.3, 0.4) is 0 Å². The van der Waals surface area contributed by atoms with E-state index in [0.29, 0.717) is 35.6 Å². The lowest BCUT2D eigenvalue weighted by molar-refractivity contribution is 0.335. The summed E-state index contributed by atoms with van der Waals surface area (Å²) in [6.07, 6.45) is 15.9. The van der Waals surface area contributed by atoms with Gasteiger partial charge in [0.1, 0.15) is 11.6 Å². The summed E-state index contributed by atoms with van der Waals surface area (Å²) in [7, 11) is 0. The van der Waals surface area contributed by atoms with Crippen molar-refractivity contribution in [2.45, 2.75) is 76.3 Å². The molecule has 2 saturated carbocycles. The maximum atomic E-state index is 6.53. The first-order valence-electron chi connectivity index (χ1n) is 12.1. The summed E-state index contributed by atoms with van der Waals surface area (Å²) in [6.45, 7) is 0. The highest BCUT2D eigenvalue weighted by Gasteiger charge is 2.32. The zero-order valence-electron chi connectivity index (χ0n) is 18.9. The zero-order chi connectivity index (χ0) is 22.5. The first-order valence-corrected chi connectivity index (χ1v) is 12.5. The third-order valence-corrected chi connectivity index (χ3v) is 6.88. The molecule has 0 spiro atoms. The third kappa shape index (κ3) is 5.08. The van der Waals surface area contributed by atoms with E-state index in [1.54, 1.807) is 12.4 Å². The molecule has 3 heterocycles. The van der Waals surface area contributed by atoms with Gasteiger partial charge in [0, 0.05) is 24.5 Å². The molecule has 0 atom stereocenters. The Morgan fingerprint density at radius 3 is 1.64 bits per heavy atom. The molecule has 0 radical (unpaired) electrons. The molecule has 3 aromatic rings. The van der Waals surface area contributed by atoms with Gasteiger partial charge in [0.25, 0.3) is 0 Å². The Kier molecular flexibility index (Phi) is 6.95. The molecule has 0 amide bonds. The summed E-state index contributed by atoms with van der Waals surface area (Å²) in [6, 6.07) is 12.4. The minimum absolute atomic E-state index is 0.198. The van der Waals surface area contributed by atoms with Crippen molar-refractivity contribution >= 4 is 35.1 Å². The van der Waals surface area contributed by atoms with Crippen LogP contribution >= 0.6 is 11.6 Å². The van der Waals surface area contributed by atoms with E-state index >= 15 is 0 Å². The Morgan fingerprint density at radius 2 is 1.15 bits per heavy atom. The first-order chi connectivity index (χ1) is 16.3. The van der Waals surface area contributed by atoms with Crippen LogP contribution in [0.1, 0.15) is 64.2 Å². The van der Waals surface area contributed by atoms with E-state index in [-0.39, 0.29) is 5.28 Å². The van der Waals surface area contributed by atoms with Crippen molar-refractivity contribution in [2.24, 2.45) is 0 Å². The number of hydrogen-bond donors (Lipinski definition) is 0. The minimum Gasteiger partial charge on any atom is -0.335 e. The van der Waals surface area contributed by atoms with E-state index in [4.69, 9.17) is 16.6 Å². The number of anilines is 4. The molecule has 0 aliphatic heterocycles. The number of pyridine rings is 2. The number of halogens is 1.